The van der Waals surface area contributed by atoms with Crippen molar-refractivity contribution >= 4 is 62.5 Å². The monoisotopic (exact) mass is 443 g/mol. The quantitative estimate of drug-likeness (QED) is 0.319. The molecule has 0 N–H and O–H groups in total. The lowest BCUT2D eigenvalue weighted by molar-refractivity contribution is -0.115. The highest BCUT2D eigenvalue weighted by Gasteiger charge is 2.18. The van der Waals surface area contributed by atoms with Crippen LogP contribution in [0.25, 0.3) is 11.1 Å². The van der Waals surface area contributed by atoms with Crippen LogP contribution in [0.2, 0.25) is 5.02 Å². The zero-order valence-electron chi connectivity index (χ0n) is 15.9. The predicted molar refractivity (Wildman–Crippen MR) is 119 cm³/mol. The molecule has 2 heterocycles. The molecular formula is C21H18ClN3O2S2. The summed E-state index contributed by atoms with van der Waals surface area (Å²) in [6.45, 7) is 3.65. The van der Waals surface area contributed by atoms with E-state index in [9.17, 15) is 4.79 Å². The van der Waals surface area contributed by atoms with E-state index in [-0.39, 0.29) is 5.91 Å². The highest BCUT2D eigenvalue weighted by molar-refractivity contribution is 7.98. The first-order chi connectivity index (χ1) is 14.0. The molecule has 4 rings (SSSR count). The van der Waals surface area contributed by atoms with Crippen LogP contribution in [0.1, 0.15) is 25.1 Å². The zero-order valence-corrected chi connectivity index (χ0v) is 18.3. The van der Waals surface area contributed by atoms with Crippen LogP contribution < -0.4 is 4.90 Å². The van der Waals surface area contributed by atoms with Crippen molar-refractivity contribution in [3.63, 3.8) is 0 Å². The predicted octanol–water partition coefficient (Wildman–Crippen LogP) is 6.48. The van der Waals surface area contributed by atoms with Crippen molar-refractivity contribution in [2.45, 2.75) is 31.2 Å². The Labute approximate surface area is 181 Å². The van der Waals surface area contributed by atoms with Gasteiger partial charge in [-0.3, -0.25) is 9.69 Å². The number of amides is 1. The highest BCUT2D eigenvalue weighted by atomic mass is 35.5. The molecule has 0 bridgehead atoms. The fraction of sp³-hybridized carbons (Fsp3) is 0.190. The lowest BCUT2D eigenvalue weighted by Crippen LogP contribution is -2.22. The molecule has 29 heavy (non-hydrogen) atoms. The van der Waals surface area contributed by atoms with E-state index in [2.05, 4.69) is 16.9 Å². The molecule has 8 heteroatoms. The van der Waals surface area contributed by atoms with Gasteiger partial charge in [0.25, 0.3) is 5.22 Å². The first-order valence-electron chi connectivity index (χ1n) is 9.06. The van der Waals surface area contributed by atoms with Crippen LogP contribution in [0, 0.1) is 0 Å². The van der Waals surface area contributed by atoms with Crippen LogP contribution in [-0.2, 0) is 17.0 Å². The highest BCUT2D eigenvalue weighted by Crippen LogP contribution is 2.32. The summed E-state index contributed by atoms with van der Waals surface area (Å²) in [6, 6.07) is 13.4. The molecule has 0 aliphatic heterocycles. The maximum absolute atomic E-state index is 12.3. The summed E-state index contributed by atoms with van der Waals surface area (Å²) < 4.78 is 5.73. The minimum absolute atomic E-state index is 0.0707. The molecule has 2 aromatic heterocycles. The number of fused-ring (bicyclic) bond motifs is 1. The Morgan fingerprint density at radius 2 is 2.00 bits per heavy atom. The molecule has 0 aliphatic carbocycles. The van der Waals surface area contributed by atoms with Crippen LogP contribution in [0.5, 0.6) is 0 Å². The van der Waals surface area contributed by atoms with Gasteiger partial charge in [-0.2, -0.15) is 0 Å². The Hall–Kier alpha value is -2.35. The normalized spacial score (nSPS) is 11.1. The van der Waals surface area contributed by atoms with Crippen molar-refractivity contribution in [1.82, 2.24) is 9.97 Å². The number of hydrogen-bond donors (Lipinski definition) is 0. The van der Waals surface area contributed by atoms with E-state index in [1.807, 2.05) is 35.7 Å². The molecule has 2 aromatic carbocycles. The molecule has 0 saturated heterocycles. The number of benzene rings is 2. The van der Waals surface area contributed by atoms with Crippen molar-refractivity contribution in [2.75, 3.05) is 4.90 Å². The van der Waals surface area contributed by atoms with Crippen LogP contribution in [0.15, 0.2) is 57.5 Å². The zero-order chi connectivity index (χ0) is 20.4. The molecule has 0 unspecified atom stereocenters. The van der Waals surface area contributed by atoms with Gasteiger partial charge in [0.1, 0.15) is 5.52 Å². The second-order valence-electron chi connectivity index (χ2n) is 6.38. The topological polar surface area (TPSA) is 59.2 Å². The summed E-state index contributed by atoms with van der Waals surface area (Å²) in [5, 5.41) is 3.79. The summed E-state index contributed by atoms with van der Waals surface area (Å²) in [5.74, 6) is 0.524. The molecule has 0 spiro atoms. The van der Waals surface area contributed by atoms with Gasteiger partial charge in [0.05, 0.1) is 11.4 Å². The second kappa shape index (κ2) is 8.57. The molecule has 0 fully saturated rings. The van der Waals surface area contributed by atoms with E-state index in [1.54, 1.807) is 24.0 Å². The molecular weight excluding hydrogens is 426 g/mol. The number of anilines is 2. The Morgan fingerprint density at radius 3 is 2.72 bits per heavy atom. The number of aryl methyl sites for hydroxylation is 1. The van der Waals surface area contributed by atoms with Gasteiger partial charge in [0.15, 0.2) is 10.7 Å². The Morgan fingerprint density at radius 1 is 1.21 bits per heavy atom. The number of carbonyl (C=O) groups excluding carboxylic acids is 1. The van der Waals surface area contributed by atoms with Crippen LogP contribution in [0.4, 0.5) is 10.8 Å². The van der Waals surface area contributed by atoms with Gasteiger partial charge in [0.2, 0.25) is 5.91 Å². The third kappa shape index (κ3) is 4.47. The summed E-state index contributed by atoms with van der Waals surface area (Å²) in [7, 11) is 0. The van der Waals surface area contributed by atoms with E-state index in [0.717, 1.165) is 23.3 Å². The summed E-state index contributed by atoms with van der Waals surface area (Å²) in [4.78, 5) is 23.0. The van der Waals surface area contributed by atoms with E-state index >= 15 is 0 Å². The van der Waals surface area contributed by atoms with Gasteiger partial charge in [-0.25, -0.2) is 9.97 Å². The minimum atomic E-state index is -0.0707. The number of aromatic nitrogens is 2. The summed E-state index contributed by atoms with van der Waals surface area (Å²) in [6.07, 6.45) is 0.959. The van der Waals surface area contributed by atoms with Gasteiger partial charge in [0, 0.05) is 29.1 Å². The lowest BCUT2D eigenvalue weighted by atomic mass is 10.1. The SMILES string of the molecule is CCc1ccc(N(C(C)=O)c2nc(CSc3nc4ccc(Cl)cc4o3)cs2)cc1. The Balaban J connectivity index is 1.50. The summed E-state index contributed by atoms with van der Waals surface area (Å²) in [5.41, 5.74) is 4.35. The maximum atomic E-state index is 12.3. The van der Waals surface area contributed by atoms with Crippen molar-refractivity contribution in [3.8, 4) is 0 Å². The number of hydrogen-bond acceptors (Lipinski definition) is 6. The molecule has 0 saturated carbocycles. The number of thioether (sulfide) groups is 1. The fourth-order valence-electron chi connectivity index (χ4n) is 2.85. The lowest BCUT2D eigenvalue weighted by Gasteiger charge is -2.18. The molecule has 0 atom stereocenters. The first-order valence-corrected chi connectivity index (χ1v) is 11.3. The molecule has 1 amide bonds. The van der Waals surface area contributed by atoms with Crippen molar-refractivity contribution in [1.29, 1.82) is 0 Å². The number of nitrogens with zero attached hydrogens (tertiary/aromatic N) is 3. The average molecular weight is 444 g/mol. The van der Waals surface area contributed by atoms with Gasteiger partial charge in [-0.05, 0) is 36.2 Å². The molecule has 0 radical (unpaired) electrons. The third-order valence-electron chi connectivity index (χ3n) is 4.32. The first kappa shape index (κ1) is 19.9. The van der Waals surface area contributed by atoms with E-state index in [1.165, 1.54) is 28.7 Å². The minimum Gasteiger partial charge on any atom is -0.431 e. The van der Waals surface area contributed by atoms with Crippen LogP contribution in [-0.4, -0.2) is 15.9 Å². The molecule has 148 valence electrons. The van der Waals surface area contributed by atoms with E-state index in [4.69, 9.17) is 16.0 Å². The van der Waals surface area contributed by atoms with Crippen molar-refractivity contribution in [2.24, 2.45) is 0 Å². The summed E-state index contributed by atoms with van der Waals surface area (Å²) >= 11 is 8.90. The van der Waals surface area contributed by atoms with Crippen molar-refractivity contribution in [3.05, 3.63) is 64.1 Å². The van der Waals surface area contributed by atoms with Gasteiger partial charge in [-0.1, -0.05) is 42.4 Å². The largest absolute Gasteiger partial charge is 0.431 e. The average Bonchev–Trinajstić information content (AvgIpc) is 3.33. The molecule has 5 nitrogen and oxygen atoms in total. The second-order valence-corrected chi connectivity index (χ2v) is 8.58. The smallest absolute Gasteiger partial charge is 0.257 e. The molecule has 4 aromatic rings. The van der Waals surface area contributed by atoms with E-state index in [0.29, 0.717) is 26.7 Å². The number of carbonyl (C=O) groups is 1. The van der Waals surface area contributed by atoms with E-state index < -0.39 is 0 Å². The van der Waals surface area contributed by atoms with Gasteiger partial charge in [-0.15, -0.1) is 11.3 Å². The van der Waals surface area contributed by atoms with Crippen LogP contribution >= 0.6 is 34.7 Å². The number of oxazole rings is 1. The number of thiazole rings is 1. The Kier molecular flexibility index (Phi) is 5.89. The maximum Gasteiger partial charge on any atom is 0.257 e. The van der Waals surface area contributed by atoms with Gasteiger partial charge >= 0.3 is 0 Å². The van der Waals surface area contributed by atoms with Crippen molar-refractivity contribution < 1.29 is 9.21 Å². The number of halogens is 1. The Bertz CT molecular complexity index is 1150. The van der Waals surface area contributed by atoms with Gasteiger partial charge < -0.3 is 4.42 Å². The fourth-order valence-corrected chi connectivity index (χ4v) is 4.73. The van der Waals surface area contributed by atoms with Crippen LogP contribution in [0.3, 0.4) is 0 Å². The molecule has 0 aliphatic rings. The standard InChI is InChI=1S/C21H18ClN3O2S2/c1-3-14-4-7-17(8-5-14)25(13(2)26)20-23-16(11-28-20)12-29-21-24-18-9-6-15(22)10-19(18)27-21/h4-11H,3,12H2,1-2H3. The number of rotatable bonds is 6. The third-order valence-corrected chi connectivity index (χ3v) is 6.29.